The minimum Gasteiger partial charge on any atom is -0.378 e. The van der Waals surface area contributed by atoms with Crippen molar-refractivity contribution in [2.45, 2.75) is 65.6 Å². The summed E-state index contributed by atoms with van der Waals surface area (Å²) in [6, 6.07) is 0. The maximum Gasteiger partial charge on any atom is 0.0568 e. The highest BCUT2D eigenvalue weighted by Gasteiger charge is 2.04. The van der Waals surface area contributed by atoms with Crippen molar-refractivity contribution in [1.29, 1.82) is 0 Å². The zero-order valence-corrected chi connectivity index (χ0v) is 10.2. The first-order valence-electron chi connectivity index (χ1n) is 5.93. The molecule has 0 fully saturated rings. The molecule has 0 amide bonds. The van der Waals surface area contributed by atoms with Gasteiger partial charge >= 0.3 is 0 Å². The summed E-state index contributed by atoms with van der Waals surface area (Å²) in [4.78, 5) is 0. The van der Waals surface area contributed by atoms with Crippen LogP contribution in [0.15, 0.2) is 0 Å². The van der Waals surface area contributed by atoms with Crippen molar-refractivity contribution in [1.82, 2.24) is 0 Å². The van der Waals surface area contributed by atoms with E-state index in [1.54, 1.807) is 0 Å². The number of rotatable bonds is 9. The van der Waals surface area contributed by atoms with Crippen LogP contribution in [0.3, 0.4) is 0 Å². The van der Waals surface area contributed by atoms with E-state index in [9.17, 15) is 0 Å². The molecular weight excluding hydrogens is 176 g/mol. The molecule has 0 radical (unpaired) electrons. The van der Waals surface area contributed by atoms with E-state index < -0.39 is 0 Å². The molecule has 0 aliphatic heterocycles. The first-order chi connectivity index (χ1) is 6.70. The number of ether oxygens (including phenoxy) is 2. The molecule has 0 aromatic heterocycles. The average molecular weight is 202 g/mol. The standard InChI is InChI=1S/C12H26O2/c1-5-7-11(3)14-10-8-12(4)13-9-6-2/h11-12H,5-10H2,1-4H3. The minimum absolute atomic E-state index is 0.337. The third-order valence-electron chi connectivity index (χ3n) is 2.23. The zero-order chi connectivity index (χ0) is 10.8. The van der Waals surface area contributed by atoms with E-state index in [2.05, 4.69) is 27.7 Å². The van der Waals surface area contributed by atoms with Gasteiger partial charge in [-0.25, -0.2) is 0 Å². The van der Waals surface area contributed by atoms with Crippen molar-refractivity contribution in [3.05, 3.63) is 0 Å². The van der Waals surface area contributed by atoms with Crippen LogP contribution >= 0.6 is 0 Å². The first kappa shape index (κ1) is 13.9. The van der Waals surface area contributed by atoms with Crippen LogP contribution in [-0.2, 0) is 9.47 Å². The maximum absolute atomic E-state index is 5.65. The largest absolute Gasteiger partial charge is 0.378 e. The molecule has 0 saturated carbocycles. The summed E-state index contributed by atoms with van der Waals surface area (Å²) >= 11 is 0. The van der Waals surface area contributed by atoms with Crippen LogP contribution in [-0.4, -0.2) is 25.4 Å². The first-order valence-corrected chi connectivity index (χ1v) is 5.93. The lowest BCUT2D eigenvalue weighted by atomic mass is 10.2. The van der Waals surface area contributed by atoms with E-state index in [-0.39, 0.29) is 0 Å². The second-order valence-electron chi connectivity index (χ2n) is 3.94. The molecule has 2 unspecified atom stereocenters. The van der Waals surface area contributed by atoms with Crippen LogP contribution in [0.1, 0.15) is 53.4 Å². The van der Waals surface area contributed by atoms with Crippen LogP contribution in [0.4, 0.5) is 0 Å². The molecule has 86 valence electrons. The zero-order valence-electron chi connectivity index (χ0n) is 10.2. The van der Waals surface area contributed by atoms with Crippen LogP contribution in [0.2, 0.25) is 0 Å². The lowest BCUT2D eigenvalue weighted by Gasteiger charge is -2.15. The fraction of sp³-hybridized carbons (Fsp3) is 1.00. The van der Waals surface area contributed by atoms with Crippen molar-refractivity contribution in [3.8, 4) is 0 Å². The molecule has 0 spiro atoms. The van der Waals surface area contributed by atoms with Gasteiger partial charge in [-0.05, 0) is 33.1 Å². The van der Waals surface area contributed by atoms with Gasteiger partial charge in [0, 0.05) is 13.2 Å². The van der Waals surface area contributed by atoms with Gasteiger partial charge in [0.25, 0.3) is 0 Å². The molecule has 0 aromatic rings. The van der Waals surface area contributed by atoms with E-state index in [0.29, 0.717) is 12.2 Å². The molecule has 0 rings (SSSR count). The Kier molecular flexibility index (Phi) is 9.42. The predicted molar refractivity (Wildman–Crippen MR) is 60.6 cm³/mol. The number of hydrogen-bond donors (Lipinski definition) is 0. The molecule has 2 atom stereocenters. The van der Waals surface area contributed by atoms with Gasteiger partial charge in [-0.1, -0.05) is 20.3 Å². The molecule has 0 aliphatic rings. The number of hydrogen-bond acceptors (Lipinski definition) is 2. The fourth-order valence-corrected chi connectivity index (χ4v) is 1.33. The van der Waals surface area contributed by atoms with Crippen LogP contribution in [0.25, 0.3) is 0 Å². The Morgan fingerprint density at radius 3 is 1.93 bits per heavy atom. The van der Waals surface area contributed by atoms with Crippen molar-refractivity contribution >= 4 is 0 Å². The molecule has 0 bridgehead atoms. The van der Waals surface area contributed by atoms with E-state index in [0.717, 1.165) is 32.5 Å². The van der Waals surface area contributed by atoms with E-state index in [1.165, 1.54) is 6.42 Å². The summed E-state index contributed by atoms with van der Waals surface area (Å²) in [7, 11) is 0. The van der Waals surface area contributed by atoms with E-state index in [1.807, 2.05) is 0 Å². The second kappa shape index (κ2) is 9.47. The molecule has 0 aromatic carbocycles. The maximum atomic E-state index is 5.65. The Bertz CT molecular complexity index is 115. The normalized spacial score (nSPS) is 15.4. The third-order valence-corrected chi connectivity index (χ3v) is 2.23. The van der Waals surface area contributed by atoms with Crippen LogP contribution in [0, 0.1) is 0 Å². The Morgan fingerprint density at radius 1 is 0.786 bits per heavy atom. The molecule has 14 heavy (non-hydrogen) atoms. The Balaban J connectivity index is 3.25. The van der Waals surface area contributed by atoms with Gasteiger partial charge in [0.15, 0.2) is 0 Å². The summed E-state index contributed by atoms with van der Waals surface area (Å²) < 4.78 is 11.2. The highest BCUT2D eigenvalue weighted by atomic mass is 16.5. The van der Waals surface area contributed by atoms with Gasteiger partial charge in [0.1, 0.15) is 0 Å². The van der Waals surface area contributed by atoms with Gasteiger partial charge in [-0.15, -0.1) is 0 Å². The van der Waals surface area contributed by atoms with Gasteiger partial charge < -0.3 is 9.47 Å². The molecule has 0 N–H and O–H groups in total. The Hall–Kier alpha value is -0.0800. The minimum atomic E-state index is 0.337. The molecule has 2 heteroatoms. The Morgan fingerprint density at radius 2 is 1.36 bits per heavy atom. The molecule has 0 heterocycles. The van der Waals surface area contributed by atoms with Gasteiger partial charge in [0.05, 0.1) is 12.2 Å². The summed E-state index contributed by atoms with van der Waals surface area (Å²) in [5.41, 5.74) is 0. The highest BCUT2D eigenvalue weighted by Crippen LogP contribution is 2.04. The van der Waals surface area contributed by atoms with Crippen molar-refractivity contribution in [2.24, 2.45) is 0 Å². The van der Waals surface area contributed by atoms with E-state index >= 15 is 0 Å². The quantitative estimate of drug-likeness (QED) is 0.570. The Labute approximate surface area is 89.0 Å². The highest BCUT2D eigenvalue weighted by molar-refractivity contribution is 4.52. The smallest absolute Gasteiger partial charge is 0.0568 e. The van der Waals surface area contributed by atoms with E-state index in [4.69, 9.17) is 9.47 Å². The summed E-state index contributed by atoms with van der Waals surface area (Å²) in [5.74, 6) is 0. The second-order valence-corrected chi connectivity index (χ2v) is 3.94. The average Bonchev–Trinajstić information content (AvgIpc) is 2.15. The lowest BCUT2D eigenvalue weighted by molar-refractivity contribution is 0.00876. The van der Waals surface area contributed by atoms with Gasteiger partial charge in [-0.2, -0.15) is 0 Å². The molecule has 0 saturated heterocycles. The predicted octanol–water partition coefficient (Wildman–Crippen LogP) is 3.40. The monoisotopic (exact) mass is 202 g/mol. The summed E-state index contributed by atoms with van der Waals surface area (Å²) in [5, 5.41) is 0. The van der Waals surface area contributed by atoms with Crippen molar-refractivity contribution in [2.75, 3.05) is 13.2 Å². The molecular formula is C12H26O2. The molecule has 0 aliphatic carbocycles. The fourth-order valence-electron chi connectivity index (χ4n) is 1.33. The third kappa shape index (κ3) is 8.52. The van der Waals surface area contributed by atoms with Crippen LogP contribution in [0.5, 0.6) is 0 Å². The van der Waals surface area contributed by atoms with Crippen molar-refractivity contribution < 1.29 is 9.47 Å². The SMILES string of the molecule is CCCOC(C)CCOC(C)CCC. The molecule has 2 nitrogen and oxygen atoms in total. The topological polar surface area (TPSA) is 18.5 Å². The van der Waals surface area contributed by atoms with Crippen LogP contribution < -0.4 is 0 Å². The van der Waals surface area contributed by atoms with Crippen molar-refractivity contribution in [3.63, 3.8) is 0 Å². The lowest BCUT2D eigenvalue weighted by Crippen LogP contribution is -2.15. The summed E-state index contributed by atoms with van der Waals surface area (Å²) in [6.07, 6.45) is 5.20. The summed E-state index contributed by atoms with van der Waals surface area (Å²) in [6.45, 7) is 10.3. The van der Waals surface area contributed by atoms with Gasteiger partial charge in [-0.3, -0.25) is 0 Å². The van der Waals surface area contributed by atoms with Gasteiger partial charge in [0.2, 0.25) is 0 Å².